The van der Waals surface area contributed by atoms with Crippen LogP contribution in [-0.2, 0) is 0 Å². The van der Waals surface area contributed by atoms with E-state index >= 15 is 0 Å². The molecule has 0 bridgehead atoms. The van der Waals surface area contributed by atoms with Crippen molar-refractivity contribution in [2.24, 2.45) is 15.2 Å². The number of benzene rings is 2. The number of nitrogen functional groups attached to an aromatic ring is 1. The molecule has 0 amide bonds. The highest BCUT2D eigenvalue weighted by molar-refractivity contribution is 5.87. The van der Waals surface area contributed by atoms with E-state index in [1.807, 2.05) is 0 Å². The van der Waals surface area contributed by atoms with Crippen LogP contribution in [0.1, 0.15) is 5.56 Å². The zero-order valence-corrected chi connectivity index (χ0v) is 13.6. The summed E-state index contributed by atoms with van der Waals surface area (Å²) in [6, 6.07) is 9.58. The Kier molecular flexibility index (Phi) is 4.74. The summed E-state index contributed by atoms with van der Waals surface area (Å²) < 4.78 is 9.48. The molecule has 0 radical (unpaired) electrons. The molecule has 26 heavy (non-hydrogen) atoms. The third-order valence-corrected chi connectivity index (χ3v) is 3.30. The third-order valence-electron chi connectivity index (χ3n) is 3.30. The van der Waals surface area contributed by atoms with Crippen LogP contribution in [0, 0.1) is 0 Å². The van der Waals surface area contributed by atoms with Gasteiger partial charge in [-0.1, -0.05) is 0 Å². The van der Waals surface area contributed by atoms with Gasteiger partial charge in [0.15, 0.2) is 0 Å². The zero-order valence-electron chi connectivity index (χ0n) is 13.6. The van der Waals surface area contributed by atoms with Crippen molar-refractivity contribution in [3.63, 3.8) is 0 Å². The molecule has 0 aliphatic carbocycles. The second-order valence-corrected chi connectivity index (χ2v) is 5.03. The lowest BCUT2D eigenvalue weighted by atomic mass is 10.2. The quantitative estimate of drug-likeness (QED) is 0.469. The minimum Gasteiger partial charge on any atom is -0.507 e. The molecule has 0 aliphatic heterocycles. The van der Waals surface area contributed by atoms with Crippen LogP contribution >= 0.6 is 0 Å². The van der Waals surface area contributed by atoms with E-state index in [1.54, 1.807) is 31.4 Å². The van der Waals surface area contributed by atoms with Gasteiger partial charge in [0, 0.05) is 17.8 Å². The van der Waals surface area contributed by atoms with E-state index in [-0.39, 0.29) is 28.8 Å². The number of hydrogen-bond acceptors (Lipinski definition) is 10. The number of ether oxygens (including phenoxy) is 1. The predicted octanol–water partition coefficient (Wildman–Crippen LogP) is 3.24. The van der Waals surface area contributed by atoms with Gasteiger partial charge in [-0.15, -0.1) is 10.2 Å². The Morgan fingerprint density at radius 2 is 1.85 bits per heavy atom. The van der Waals surface area contributed by atoms with E-state index in [9.17, 15) is 10.2 Å². The standard InChI is InChI=1S/C16H14N6O4/c1-25-11-4-2-10(3-5-11)18-8-9-6-12(14(24)7-13(9)23)19-20-16-15(17)21-26-22-16/h2-8,23-24H,1H3,(H2,17,21). The molecule has 0 atom stereocenters. The SMILES string of the molecule is COc1ccc(N=Cc2cc(N=Nc3nonc3N)c(O)cc2O)cc1. The van der Waals surface area contributed by atoms with Crippen molar-refractivity contribution < 1.29 is 19.6 Å². The molecule has 0 saturated heterocycles. The predicted molar refractivity (Wildman–Crippen MR) is 92.9 cm³/mol. The number of nitrogens with two attached hydrogens (primary N) is 1. The van der Waals surface area contributed by atoms with Crippen LogP contribution in [0.15, 0.2) is 56.2 Å². The van der Waals surface area contributed by atoms with Gasteiger partial charge in [0.25, 0.3) is 5.82 Å². The summed E-state index contributed by atoms with van der Waals surface area (Å²) in [5, 5.41) is 34.2. The maximum atomic E-state index is 9.97. The Balaban J connectivity index is 1.86. The molecule has 2 aromatic carbocycles. The summed E-state index contributed by atoms with van der Waals surface area (Å²) in [5.74, 6) is 0.212. The average molecular weight is 354 g/mol. The van der Waals surface area contributed by atoms with Crippen molar-refractivity contribution in [1.82, 2.24) is 10.3 Å². The number of aromatic nitrogens is 2. The fourth-order valence-corrected chi connectivity index (χ4v) is 1.94. The molecular formula is C16H14N6O4. The highest BCUT2D eigenvalue weighted by Crippen LogP contribution is 2.34. The first kappa shape index (κ1) is 16.9. The monoisotopic (exact) mass is 354 g/mol. The van der Waals surface area contributed by atoms with Crippen molar-refractivity contribution in [3.8, 4) is 17.2 Å². The highest BCUT2D eigenvalue weighted by atomic mass is 16.6. The molecule has 3 aromatic rings. The molecule has 10 nitrogen and oxygen atoms in total. The van der Waals surface area contributed by atoms with E-state index in [0.717, 1.165) is 6.07 Å². The Morgan fingerprint density at radius 1 is 1.08 bits per heavy atom. The van der Waals surface area contributed by atoms with Gasteiger partial charge in [-0.25, -0.2) is 4.63 Å². The molecule has 0 aliphatic rings. The van der Waals surface area contributed by atoms with Gasteiger partial charge in [0.1, 0.15) is 22.9 Å². The molecular weight excluding hydrogens is 340 g/mol. The number of phenolic OH excluding ortho intramolecular Hbond substituents is 2. The maximum Gasteiger partial charge on any atom is 0.261 e. The molecule has 0 spiro atoms. The van der Waals surface area contributed by atoms with Gasteiger partial charge in [-0.2, -0.15) is 0 Å². The van der Waals surface area contributed by atoms with E-state index in [1.165, 1.54) is 12.3 Å². The molecule has 0 saturated carbocycles. The molecule has 0 fully saturated rings. The Labute approximate surface area is 147 Å². The minimum absolute atomic E-state index is 0.0223. The van der Waals surface area contributed by atoms with Crippen LogP contribution in [0.25, 0.3) is 0 Å². The van der Waals surface area contributed by atoms with Gasteiger partial charge in [-0.3, -0.25) is 4.99 Å². The molecule has 0 unspecified atom stereocenters. The first-order chi connectivity index (χ1) is 12.6. The second kappa shape index (κ2) is 7.30. The highest BCUT2D eigenvalue weighted by Gasteiger charge is 2.09. The molecule has 3 rings (SSSR count). The Morgan fingerprint density at radius 3 is 2.50 bits per heavy atom. The molecule has 4 N–H and O–H groups in total. The van der Waals surface area contributed by atoms with Crippen LogP contribution in [0.2, 0.25) is 0 Å². The van der Waals surface area contributed by atoms with Crippen molar-refractivity contribution in [3.05, 3.63) is 42.0 Å². The summed E-state index contributed by atoms with van der Waals surface area (Å²) in [7, 11) is 1.57. The van der Waals surface area contributed by atoms with Gasteiger partial charge >= 0.3 is 0 Å². The summed E-state index contributed by atoms with van der Waals surface area (Å²) in [6.07, 6.45) is 1.43. The van der Waals surface area contributed by atoms with E-state index in [2.05, 4.69) is 30.2 Å². The average Bonchev–Trinajstić information content (AvgIpc) is 3.05. The van der Waals surface area contributed by atoms with E-state index in [4.69, 9.17) is 10.5 Å². The maximum absolute atomic E-state index is 9.97. The molecule has 132 valence electrons. The number of azo groups is 1. The molecule has 1 heterocycles. The van der Waals surface area contributed by atoms with Crippen molar-refractivity contribution in [1.29, 1.82) is 0 Å². The zero-order chi connectivity index (χ0) is 18.5. The Bertz CT molecular complexity index is 965. The number of aliphatic imine (C=N–C) groups is 1. The Hall–Kier alpha value is -3.95. The fraction of sp³-hybridized carbons (Fsp3) is 0.0625. The first-order valence-corrected chi connectivity index (χ1v) is 7.30. The summed E-state index contributed by atoms with van der Waals surface area (Å²) in [5.41, 5.74) is 6.55. The number of aromatic hydroxyl groups is 2. The second-order valence-electron chi connectivity index (χ2n) is 5.03. The van der Waals surface area contributed by atoms with Gasteiger partial charge in [-0.05, 0) is 40.6 Å². The van der Waals surface area contributed by atoms with Crippen LogP contribution < -0.4 is 10.5 Å². The number of rotatable bonds is 5. The normalized spacial score (nSPS) is 11.4. The summed E-state index contributed by atoms with van der Waals surface area (Å²) in [6.45, 7) is 0. The van der Waals surface area contributed by atoms with Crippen molar-refractivity contribution in [2.75, 3.05) is 12.8 Å². The number of methoxy groups -OCH3 is 1. The molecule has 10 heteroatoms. The van der Waals surface area contributed by atoms with Crippen LogP contribution in [0.4, 0.5) is 23.0 Å². The third kappa shape index (κ3) is 3.75. The largest absolute Gasteiger partial charge is 0.507 e. The topological polar surface area (TPSA) is 152 Å². The van der Waals surface area contributed by atoms with Crippen molar-refractivity contribution in [2.45, 2.75) is 0 Å². The lowest BCUT2D eigenvalue weighted by Crippen LogP contribution is -1.84. The van der Waals surface area contributed by atoms with Crippen molar-refractivity contribution >= 4 is 29.2 Å². The number of anilines is 1. The number of nitrogens with zero attached hydrogens (tertiary/aromatic N) is 5. The van der Waals surface area contributed by atoms with E-state index in [0.29, 0.717) is 17.0 Å². The first-order valence-electron chi connectivity index (χ1n) is 7.30. The van der Waals surface area contributed by atoms with Crippen LogP contribution in [0.3, 0.4) is 0 Å². The summed E-state index contributed by atoms with van der Waals surface area (Å²) in [4.78, 5) is 4.26. The van der Waals surface area contributed by atoms with Gasteiger partial charge in [0.05, 0.1) is 12.8 Å². The van der Waals surface area contributed by atoms with E-state index < -0.39 is 0 Å². The lowest BCUT2D eigenvalue weighted by molar-refractivity contribution is 0.310. The smallest absolute Gasteiger partial charge is 0.261 e. The number of hydrogen-bond donors (Lipinski definition) is 3. The summed E-state index contributed by atoms with van der Waals surface area (Å²) >= 11 is 0. The lowest BCUT2D eigenvalue weighted by Gasteiger charge is -2.03. The van der Waals surface area contributed by atoms with Crippen LogP contribution in [-0.4, -0.2) is 33.9 Å². The molecule has 1 aromatic heterocycles. The minimum atomic E-state index is -0.275. The van der Waals surface area contributed by atoms with Gasteiger partial charge < -0.3 is 20.7 Å². The van der Waals surface area contributed by atoms with Gasteiger partial charge in [0.2, 0.25) is 5.82 Å². The number of phenols is 2. The van der Waals surface area contributed by atoms with Crippen LogP contribution in [0.5, 0.6) is 17.2 Å². The fourth-order valence-electron chi connectivity index (χ4n) is 1.94.